The van der Waals surface area contributed by atoms with Crippen molar-refractivity contribution in [3.8, 4) is 0 Å². The lowest BCUT2D eigenvalue weighted by Gasteiger charge is -2.33. The quantitative estimate of drug-likeness (QED) is 0.823. The van der Waals surface area contributed by atoms with Crippen molar-refractivity contribution in [2.75, 3.05) is 26.2 Å². The summed E-state index contributed by atoms with van der Waals surface area (Å²) < 4.78 is 0. The Balaban J connectivity index is 1.46. The number of amides is 1. The standard InChI is InChI=1S/C20H26N4O2S/c1-13(2)11-17(25)24-9-7-23(8-10-24)12-16-21-19(26)18-14-5-3-4-6-15(14)27-20(18)22-16/h11H,3-10,12H2,1-2H3,(H,21,22,26). The molecule has 144 valence electrons. The van der Waals surface area contributed by atoms with Gasteiger partial charge in [-0.25, -0.2) is 4.98 Å². The van der Waals surface area contributed by atoms with E-state index in [0.29, 0.717) is 19.6 Å². The lowest BCUT2D eigenvalue weighted by molar-refractivity contribution is -0.127. The molecule has 2 aliphatic rings. The van der Waals surface area contributed by atoms with E-state index in [-0.39, 0.29) is 11.5 Å². The summed E-state index contributed by atoms with van der Waals surface area (Å²) in [6.45, 7) is 7.52. The van der Waals surface area contributed by atoms with Gasteiger partial charge in [-0.2, -0.15) is 0 Å². The fraction of sp³-hybridized carbons (Fsp3) is 0.550. The zero-order valence-electron chi connectivity index (χ0n) is 16.0. The van der Waals surface area contributed by atoms with E-state index in [4.69, 9.17) is 4.98 Å². The van der Waals surface area contributed by atoms with E-state index in [2.05, 4.69) is 9.88 Å². The van der Waals surface area contributed by atoms with Gasteiger partial charge in [-0.05, 0) is 45.1 Å². The summed E-state index contributed by atoms with van der Waals surface area (Å²) in [5.74, 6) is 0.821. The number of hydrogen-bond acceptors (Lipinski definition) is 5. The van der Waals surface area contributed by atoms with Crippen LogP contribution in [0.4, 0.5) is 0 Å². The van der Waals surface area contributed by atoms with Crippen LogP contribution in [0.25, 0.3) is 10.2 Å². The highest BCUT2D eigenvalue weighted by atomic mass is 32.1. The van der Waals surface area contributed by atoms with Crippen LogP contribution < -0.4 is 5.56 Å². The second-order valence-corrected chi connectivity index (χ2v) is 8.81. The molecule has 0 atom stereocenters. The number of allylic oxidation sites excluding steroid dienone is 1. The van der Waals surface area contributed by atoms with Gasteiger partial charge in [-0.3, -0.25) is 14.5 Å². The summed E-state index contributed by atoms with van der Waals surface area (Å²) in [7, 11) is 0. The maximum atomic E-state index is 12.7. The molecule has 0 bridgehead atoms. The highest BCUT2D eigenvalue weighted by Gasteiger charge is 2.22. The first kappa shape index (κ1) is 18.4. The van der Waals surface area contributed by atoms with Crippen molar-refractivity contribution in [3.63, 3.8) is 0 Å². The zero-order chi connectivity index (χ0) is 19.0. The third kappa shape index (κ3) is 3.84. The summed E-state index contributed by atoms with van der Waals surface area (Å²) in [5.41, 5.74) is 2.26. The van der Waals surface area contributed by atoms with Crippen LogP contribution in [0, 0.1) is 0 Å². The molecule has 27 heavy (non-hydrogen) atoms. The predicted molar refractivity (Wildman–Crippen MR) is 108 cm³/mol. The molecule has 1 amide bonds. The number of rotatable bonds is 3. The Morgan fingerprint density at radius 1 is 1.19 bits per heavy atom. The summed E-state index contributed by atoms with van der Waals surface area (Å²) in [4.78, 5) is 38.9. The third-order valence-electron chi connectivity index (χ3n) is 5.34. The van der Waals surface area contributed by atoms with Crippen molar-refractivity contribution in [1.82, 2.24) is 19.8 Å². The van der Waals surface area contributed by atoms with Crippen LogP contribution in [0.1, 0.15) is 43.0 Å². The molecule has 1 N–H and O–H groups in total. The second kappa shape index (κ2) is 7.56. The van der Waals surface area contributed by atoms with Gasteiger partial charge in [0.05, 0.1) is 11.9 Å². The van der Waals surface area contributed by atoms with Crippen LogP contribution in [0.5, 0.6) is 0 Å². The molecule has 1 aliphatic heterocycles. The maximum Gasteiger partial charge on any atom is 0.259 e. The molecule has 1 saturated heterocycles. The molecule has 2 aromatic heterocycles. The molecule has 3 heterocycles. The normalized spacial score (nSPS) is 17.8. The Morgan fingerprint density at radius 2 is 1.93 bits per heavy atom. The number of fused-ring (bicyclic) bond motifs is 3. The van der Waals surface area contributed by atoms with E-state index in [9.17, 15) is 9.59 Å². The number of piperazine rings is 1. The van der Waals surface area contributed by atoms with Gasteiger partial charge in [0.25, 0.3) is 5.56 Å². The first-order chi connectivity index (χ1) is 13.0. The van der Waals surface area contributed by atoms with Gasteiger partial charge in [0, 0.05) is 37.1 Å². The second-order valence-electron chi connectivity index (χ2n) is 7.73. The van der Waals surface area contributed by atoms with Crippen molar-refractivity contribution in [2.45, 2.75) is 46.1 Å². The third-order valence-corrected chi connectivity index (χ3v) is 6.53. The van der Waals surface area contributed by atoms with Crippen LogP contribution in [0.15, 0.2) is 16.4 Å². The lowest BCUT2D eigenvalue weighted by atomic mass is 9.97. The number of hydrogen-bond donors (Lipinski definition) is 1. The minimum atomic E-state index is 0.00627. The summed E-state index contributed by atoms with van der Waals surface area (Å²) in [5, 5.41) is 0.815. The summed E-state index contributed by atoms with van der Waals surface area (Å²) >= 11 is 1.69. The Hall–Kier alpha value is -1.99. The topological polar surface area (TPSA) is 69.3 Å². The first-order valence-electron chi connectivity index (χ1n) is 9.71. The molecule has 1 aliphatic carbocycles. The van der Waals surface area contributed by atoms with Gasteiger partial charge in [-0.15, -0.1) is 11.3 Å². The van der Waals surface area contributed by atoms with Crippen LogP contribution in [0.3, 0.4) is 0 Å². The molecule has 0 unspecified atom stereocenters. The highest BCUT2D eigenvalue weighted by Crippen LogP contribution is 2.33. The Bertz CT molecular complexity index is 947. The smallest absolute Gasteiger partial charge is 0.259 e. The predicted octanol–water partition coefficient (Wildman–Crippen LogP) is 2.47. The minimum absolute atomic E-state index is 0.00627. The number of nitrogens with one attached hydrogen (secondary N) is 1. The molecule has 4 rings (SSSR count). The number of carbonyl (C=O) groups is 1. The molecule has 7 heteroatoms. The van der Waals surface area contributed by atoms with Crippen molar-refractivity contribution >= 4 is 27.5 Å². The number of carbonyl (C=O) groups excluding carboxylic acids is 1. The highest BCUT2D eigenvalue weighted by molar-refractivity contribution is 7.18. The Kier molecular flexibility index (Phi) is 5.14. The van der Waals surface area contributed by atoms with E-state index in [1.807, 2.05) is 18.7 Å². The van der Waals surface area contributed by atoms with Gasteiger partial charge in [-0.1, -0.05) is 5.57 Å². The summed E-state index contributed by atoms with van der Waals surface area (Å²) in [6, 6.07) is 0. The average molecular weight is 387 g/mol. The number of aromatic amines is 1. The van der Waals surface area contributed by atoms with E-state index >= 15 is 0 Å². The average Bonchev–Trinajstić information content (AvgIpc) is 3.00. The Labute approximate surface area is 162 Å². The molecule has 0 saturated carbocycles. The monoisotopic (exact) mass is 386 g/mol. The van der Waals surface area contributed by atoms with Crippen molar-refractivity contribution < 1.29 is 4.79 Å². The van der Waals surface area contributed by atoms with Crippen molar-refractivity contribution in [2.24, 2.45) is 0 Å². The molecular weight excluding hydrogens is 360 g/mol. The van der Waals surface area contributed by atoms with E-state index in [1.54, 1.807) is 17.4 Å². The van der Waals surface area contributed by atoms with Gasteiger partial charge >= 0.3 is 0 Å². The van der Waals surface area contributed by atoms with Gasteiger partial charge < -0.3 is 9.88 Å². The van der Waals surface area contributed by atoms with Crippen LogP contribution in [-0.4, -0.2) is 51.9 Å². The fourth-order valence-electron chi connectivity index (χ4n) is 3.96. The molecule has 0 spiro atoms. The molecule has 2 aromatic rings. The SMILES string of the molecule is CC(C)=CC(=O)N1CCN(Cc2nc3sc4c(c3c(=O)[nH]2)CCCC4)CC1. The summed E-state index contributed by atoms with van der Waals surface area (Å²) in [6.07, 6.45) is 6.14. The molecule has 0 aromatic carbocycles. The molecular formula is C20H26N4O2S. The number of aryl methyl sites for hydroxylation is 2. The first-order valence-corrected chi connectivity index (χ1v) is 10.5. The largest absolute Gasteiger partial charge is 0.337 e. The Morgan fingerprint density at radius 3 is 2.67 bits per heavy atom. The molecule has 1 fully saturated rings. The maximum absolute atomic E-state index is 12.7. The van der Waals surface area contributed by atoms with E-state index in [1.165, 1.54) is 16.9 Å². The number of aromatic nitrogens is 2. The van der Waals surface area contributed by atoms with Crippen molar-refractivity contribution in [1.29, 1.82) is 0 Å². The lowest BCUT2D eigenvalue weighted by Crippen LogP contribution is -2.48. The fourth-order valence-corrected chi connectivity index (χ4v) is 5.24. The van der Waals surface area contributed by atoms with Gasteiger partial charge in [0.2, 0.25) is 5.91 Å². The van der Waals surface area contributed by atoms with Crippen LogP contribution in [0.2, 0.25) is 0 Å². The molecule has 6 nitrogen and oxygen atoms in total. The zero-order valence-corrected chi connectivity index (χ0v) is 16.8. The van der Waals surface area contributed by atoms with Crippen molar-refractivity contribution in [3.05, 3.63) is 38.3 Å². The number of nitrogens with zero attached hydrogens (tertiary/aromatic N) is 3. The van der Waals surface area contributed by atoms with Gasteiger partial charge in [0.15, 0.2) is 0 Å². The van der Waals surface area contributed by atoms with E-state index < -0.39 is 0 Å². The minimum Gasteiger partial charge on any atom is -0.337 e. The van der Waals surface area contributed by atoms with Gasteiger partial charge in [0.1, 0.15) is 10.7 Å². The molecule has 0 radical (unpaired) electrons. The van der Waals surface area contributed by atoms with Crippen LogP contribution in [-0.2, 0) is 24.2 Å². The van der Waals surface area contributed by atoms with Crippen LogP contribution >= 0.6 is 11.3 Å². The van der Waals surface area contributed by atoms with E-state index in [0.717, 1.165) is 54.0 Å². The number of thiophene rings is 1. The number of H-pyrrole nitrogens is 1.